The van der Waals surface area contributed by atoms with Gasteiger partial charge in [-0.3, -0.25) is 0 Å². The molecule has 0 atom stereocenters. The topological polar surface area (TPSA) is 49.7 Å². The monoisotopic (exact) mass is 248 g/mol. The van der Waals surface area contributed by atoms with E-state index in [9.17, 15) is 4.39 Å². The van der Waals surface area contributed by atoms with Gasteiger partial charge >= 0.3 is 0 Å². The third-order valence-electron chi connectivity index (χ3n) is 2.54. The number of hydrogen-bond acceptors (Lipinski definition) is 3. The molecule has 0 fully saturated rings. The summed E-state index contributed by atoms with van der Waals surface area (Å²) in [5.74, 6) is -0.0713. The Bertz CT molecular complexity index is 540. The number of halogens is 1. The van der Waals surface area contributed by atoms with Crippen molar-refractivity contribution in [3.05, 3.63) is 59.4 Å². The number of aliphatic hydroxyl groups is 2. The summed E-state index contributed by atoms with van der Waals surface area (Å²) in [5, 5.41) is 18.0. The number of aliphatic hydroxyl groups excluding tert-OH is 2. The largest absolute Gasteiger partial charge is 0.454 e. The Hall–Kier alpha value is -1.91. The first-order chi connectivity index (χ1) is 8.74. The number of rotatable bonds is 4. The zero-order chi connectivity index (χ0) is 13.0. The van der Waals surface area contributed by atoms with Crippen molar-refractivity contribution >= 4 is 0 Å². The number of para-hydroxylation sites is 1. The molecule has 2 aromatic rings. The fraction of sp³-hybridized carbons (Fsp3) is 0.143. The number of hydrogen-bond donors (Lipinski definition) is 2. The first-order valence-corrected chi connectivity index (χ1v) is 5.50. The van der Waals surface area contributed by atoms with E-state index in [1.807, 2.05) is 0 Å². The number of benzene rings is 2. The van der Waals surface area contributed by atoms with Crippen molar-refractivity contribution in [2.24, 2.45) is 0 Å². The second-order valence-electron chi connectivity index (χ2n) is 3.79. The van der Waals surface area contributed by atoms with Crippen LogP contribution in [0, 0.1) is 5.82 Å². The van der Waals surface area contributed by atoms with Crippen LogP contribution in [0.3, 0.4) is 0 Å². The molecule has 0 aliphatic rings. The second-order valence-corrected chi connectivity index (χ2v) is 3.79. The normalized spacial score (nSPS) is 10.4. The van der Waals surface area contributed by atoms with Gasteiger partial charge in [-0.15, -0.1) is 0 Å². The highest BCUT2D eigenvalue weighted by Gasteiger charge is 2.08. The van der Waals surface area contributed by atoms with Gasteiger partial charge in [-0.25, -0.2) is 4.39 Å². The van der Waals surface area contributed by atoms with E-state index in [1.165, 1.54) is 12.1 Å². The molecule has 0 spiro atoms. The molecule has 0 aromatic heterocycles. The number of ether oxygens (including phenoxy) is 1. The Kier molecular flexibility index (Phi) is 3.92. The minimum absolute atomic E-state index is 0.0631. The summed E-state index contributed by atoms with van der Waals surface area (Å²) in [5.41, 5.74) is 1.07. The van der Waals surface area contributed by atoms with Crippen molar-refractivity contribution in [2.75, 3.05) is 0 Å². The van der Waals surface area contributed by atoms with Gasteiger partial charge in [0.1, 0.15) is 5.75 Å². The molecule has 0 bridgehead atoms. The van der Waals surface area contributed by atoms with Crippen molar-refractivity contribution < 1.29 is 19.3 Å². The summed E-state index contributed by atoms with van der Waals surface area (Å²) < 4.78 is 19.1. The minimum atomic E-state index is -0.547. The first-order valence-electron chi connectivity index (χ1n) is 5.50. The molecule has 2 rings (SSSR count). The summed E-state index contributed by atoms with van der Waals surface area (Å²) in [6.45, 7) is -0.392. The molecule has 2 aromatic carbocycles. The van der Waals surface area contributed by atoms with Crippen LogP contribution in [-0.2, 0) is 13.2 Å². The van der Waals surface area contributed by atoms with E-state index < -0.39 is 5.82 Å². The molecule has 18 heavy (non-hydrogen) atoms. The van der Waals surface area contributed by atoms with Crippen molar-refractivity contribution in [1.82, 2.24) is 0 Å². The van der Waals surface area contributed by atoms with Crippen LogP contribution < -0.4 is 4.74 Å². The first kappa shape index (κ1) is 12.5. The van der Waals surface area contributed by atoms with Gasteiger partial charge in [0.15, 0.2) is 11.6 Å². The highest BCUT2D eigenvalue weighted by Crippen LogP contribution is 2.27. The standard InChI is InChI=1S/C14H13FO3/c15-12-7-10(8-16)5-6-14(12)18-13-4-2-1-3-11(13)9-17/h1-7,16-17H,8-9H2. The second kappa shape index (κ2) is 5.62. The van der Waals surface area contributed by atoms with E-state index in [4.69, 9.17) is 14.9 Å². The fourth-order valence-electron chi connectivity index (χ4n) is 1.58. The van der Waals surface area contributed by atoms with Crippen LogP contribution in [0.5, 0.6) is 11.5 Å². The summed E-state index contributed by atoms with van der Waals surface area (Å²) >= 11 is 0. The van der Waals surface area contributed by atoms with E-state index in [0.29, 0.717) is 16.9 Å². The molecule has 2 N–H and O–H groups in total. The van der Waals surface area contributed by atoms with Crippen molar-refractivity contribution in [2.45, 2.75) is 13.2 Å². The van der Waals surface area contributed by atoms with E-state index in [2.05, 4.69) is 0 Å². The lowest BCUT2D eigenvalue weighted by molar-refractivity contribution is 0.275. The smallest absolute Gasteiger partial charge is 0.166 e. The fourth-order valence-corrected chi connectivity index (χ4v) is 1.58. The Morgan fingerprint density at radius 3 is 2.39 bits per heavy atom. The molecule has 0 aliphatic carbocycles. The van der Waals surface area contributed by atoms with E-state index in [-0.39, 0.29) is 19.0 Å². The summed E-state index contributed by atoms with van der Waals surface area (Å²) in [6.07, 6.45) is 0. The van der Waals surface area contributed by atoms with Gasteiger partial charge < -0.3 is 14.9 Å². The Balaban J connectivity index is 2.28. The van der Waals surface area contributed by atoms with Crippen molar-refractivity contribution in [3.63, 3.8) is 0 Å². The van der Waals surface area contributed by atoms with Crippen molar-refractivity contribution in [3.8, 4) is 11.5 Å². The van der Waals surface area contributed by atoms with Crippen LogP contribution in [0.1, 0.15) is 11.1 Å². The third-order valence-corrected chi connectivity index (χ3v) is 2.54. The average molecular weight is 248 g/mol. The molecular formula is C14H13FO3. The van der Waals surface area contributed by atoms with Crippen LogP contribution in [-0.4, -0.2) is 10.2 Å². The highest BCUT2D eigenvalue weighted by molar-refractivity contribution is 5.38. The molecule has 4 heteroatoms. The molecule has 0 radical (unpaired) electrons. The van der Waals surface area contributed by atoms with Crippen LogP contribution >= 0.6 is 0 Å². The van der Waals surface area contributed by atoms with E-state index in [0.717, 1.165) is 0 Å². The molecule has 0 aliphatic heterocycles. The maximum Gasteiger partial charge on any atom is 0.166 e. The molecule has 94 valence electrons. The molecule has 0 unspecified atom stereocenters. The molecule has 0 amide bonds. The predicted octanol–water partition coefficient (Wildman–Crippen LogP) is 2.60. The zero-order valence-electron chi connectivity index (χ0n) is 9.64. The lowest BCUT2D eigenvalue weighted by Crippen LogP contribution is -1.94. The lowest BCUT2D eigenvalue weighted by Gasteiger charge is -2.10. The van der Waals surface area contributed by atoms with E-state index >= 15 is 0 Å². The molecule has 0 saturated carbocycles. The molecule has 0 saturated heterocycles. The van der Waals surface area contributed by atoms with Gasteiger partial charge in [0, 0.05) is 5.56 Å². The minimum Gasteiger partial charge on any atom is -0.454 e. The SMILES string of the molecule is OCc1ccc(Oc2ccccc2CO)c(F)c1. The third kappa shape index (κ3) is 2.67. The maximum atomic E-state index is 13.7. The van der Waals surface area contributed by atoms with Gasteiger partial charge in [0.25, 0.3) is 0 Å². The molecular weight excluding hydrogens is 235 g/mol. The van der Waals surface area contributed by atoms with Gasteiger partial charge in [-0.1, -0.05) is 24.3 Å². The zero-order valence-corrected chi connectivity index (χ0v) is 9.64. The quantitative estimate of drug-likeness (QED) is 0.874. The molecule has 0 heterocycles. The van der Waals surface area contributed by atoms with Gasteiger partial charge in [-0.2, -0.15) is 0 Å². The Morgan fingerprint density at radius 1 is 0.944 bits per heavy atom. The average Bonchev–Trinajstić information content (AvgIpc) is 2.41. The maximum absolute atomic E-state index is 13.7. The van der Waals surface area contributed by atoms with Crippen molar-refractivity contribution in [1.29, 1.82) is 0 Å². The van der Waals surface area contributed by atoms with Gasteiger partial charge in [0.05, 0.1) is 13.2 Å². The summed E-state index contributed by atoms with van der Waals surface area (Å²) in [4.78, 5) is 0. The van der Waals surface area contributed by atoms with Crippen LogP contribution in [0.15, 0.2) is 42.5 Å². The Labute approximate surface area is 104 Å². The van der Waals surface area contributed by atoms with Crippen LogP contribution in [0.2, 0.25) is 0 Å². The lowest BCUT2D eigenvalue weighted by atomic mass is 10.2. The summed E-state index contributed by atoms with van der Waals surface area (Å²) in [6, 6.07) is 11.1. The Morgan fingerprint density at radius 2 is 1.72 bits per heavy atom. The van der Waals surface area contributed by atoms with Crippen LogP contribution in [0.25, 0.3) is 0 Å². The highest BCUT2D eigenvalue weighted by atomic mass is 19.1. The van der Waals surface area contributed by atoms with Gasteiger partial charge in [-0.05, 0) is 23.8 Å². The summed E-state index contributed by atoms with van der Waals surface area (Å²) in [7, 11) is 0. The molecule has 3 nitrogen and oxygen atoms in total. The van der Waals surface area contributed by atoms with Gasteiger partial charge in [0.2, 0.25) is 0 Å². The van der Waals surface area contributed by atoms with Crippen LogP contribution in [0.4, 0.5) is 4.39 Å². The van der Waals surface area contributed by atoms with E-state index in [1.54, 1.807) is 30.3 Å². The predicted molar refractivity (Wildman–Crippen MR) is 64.8 cm³/mol.